The van der Waals surface area contributed by atoms with Crippen LogP contribution in [-0.4, -0.2) is 0 Å². The van der Waals surface area contributed by atoms with Crippen molar-refractivity contribution in [1.29, 1.82) is 0 Å². The van der Waals surface area contributed by atoms with Crippen LogP contribution in [-0.2, 0) is 0 Å². The van der Waals surface area contributed by atoms with Crippen LogP contribution in [0.25, 0.3) is 0 Å². The maximum Gasteiger partial charge on any atom is -0.0139 e. The van der Waals surface area contributed by atoms with Crippen molar-refractivity contribution in [2.24, 2.45) is 29.6 Å². The highest BCUT2D eigenvalue weighted by Crippen LogP contribution is 2.43. The summed E-state index contributed by atoms with van der Waals surface area (Å²) in [6.07, 6.45) is 27.1. The molecule has 20 heavy (non-hydrogen) atoms. The molecule has 1 fully saturated rings. The Kier molecular flexibility index (Phi) is 4.60. The van der Waals surface area contributed by atoms with Crippen molar-refractivity contribution in [2.45, 2.75) is 45.4 Å². The first-order chi connectivity index (χ1) is 9.84. The third-order valence-corrected chi connectivity index (χ3v) is 5.63. The maximum atomic E-state index is 2.47. The van der Waals surface area contributed by atoms with Crippen molar-refractivity contribution in [2.75, 3.05) is 0 Å². The van der Waals surface area contributed by atoms with Crippen LogP contribution in [0.15, 0.2) is 48.6 Å². The van der Waals surface area contributed by atoms with E-state index in [0.717, 1.165) is 29.6 Å². The monoisotopic (exact) mass is 268 g/mol. The minimum Gasteiger partial charge on any atom is -0.0811 e. The molecule has 3 aliphatic carbocycles. The van der Waals surface area contributed by atoms with E-state index < -0.39 is 0 Å². The number of rotatable bonds is 5. The summed E-state index contributed by atoms with van der Waals surface area (Å²) in [6, 6.07) is 0. The van der Waals surface area contributed by atoms with Gasteiger partial charge in [0.05, 0.1) is 0 Å². The second-order valence-corrected chi connectivity index (χ2v) is 6.93. The van der Waals surface area contributed by atoms with Gasteiger partial charge in [-0.15, -0.1) is 0 Å². The molecule has 0 spiro atoms. The molecule has 0 aromatic rings. The standard InChI is InChI=1S/C20H28/c1-16-8-2-3-9-17(16)10-4-5-11-18-14-15-19-12-6-7-13-20(18)19/h2-3,6-9,12-13,16-20H,4-5,10-11,14-15H2,1H3. The Morgan fingerprint density at radius 1 is 0.800 bits per heavy atom. The molecule has 0 saturated heterocycles. The lowest BCUT2D eigenvalue weighted by atomic mass is 9.82. The van der Waals surface area contributed by atoms with Crippen molar-refractivity contribution in [3.63, 3.8) is 0 Å². The summed E-state index contributed by atoms with van der Waals surface area (Å²) in [5.74, 6) is 4.20. The lowest BCUT2D eigenvalue weighted by Crippen LogP contribution is -2.13. The van der Waals surface area contributed by atoms with Crippen LogP contribution in [0, 0.1) is 29.6 Å². The number of fused-ring (bicyclic) bond motifs is 1. The topological polar surface area (TPSA) is 0 Å². The fourth-order valence-corrected chi connectivity index (χ4v) is 4.31. The van der Waals surface area contributed by atoms with Crippen molar-refractivity contribution in [1.82, 2.24) is 0 Å². The second kappa shape index (κ2) is 6.61. The van der Waals surface area contributed by atoms with Gasteiger partial charge in [0.15, 0.2) is 0 Å². The first-order valence-corrected chi connectivity index (χ1v) is 8.54. The van der Waals surface area contributed by atoms with Gasteiger partial charge in [-0.3, -0.25) is 0 Å². The first-order valence-electron chi connectivity index (χ1n) is 8.54. The number of unbranched alkanes of at least 4 members (excludes halogenated alkanes) is 1. The summed E-state index contributed by atoms with van der Waals surface area (Å²) >= 11 is 0. The first kappa shape index (κ1) is 13.9. The van der Waals surface area contributed by atoms with Gasteiger partial charge in [-0.1, -0.05) is 68.4 Å². The van der Waals surface area contributed by atoms with Gasteiger partial charge in [-0.2, -0.15) is 0 Å². The average molecular weight is 268 g/mol. The van der Waals surface area contributed by atoms with Gasteiger partial charge in [-0.25, -0.2) is 0 Å². The Balaban J connectivity index is 1.38. The van der Waals surface area contributed by atoms with Gasteiger partial charge in [0, 0.05) is 0 Å². The quantitative estimate of drug-likeness (QED) is 0.562. The van der Waals surface area contributed by atoms with Crippen molar-refractivity contribution in [3.8, 4) is 0 Å². The predicted molar refractivity (Wildman–Crippen MR) is 87.4 cm³/mol. The molecule has 0 nitrogen and oxygen atoms in total. The van der Waals surface area contributed by atoms with Gasteiger partial charge in [0.2, 0.25) is 0 Å². The molecule has 0 N–H and O–H groups in total. The molecule has 0 aliphatic heterocycles. The molecule has 0 aromatic carbocycles. The van der Waals surface area contributed by atoms with Crippen LogP contribution in [0.3, 0.4) is 0 Å². The van der Waals surface area contributed by atoms with E-state index in [0.29, 0.717) is 0 Å². The highest BCUT2D eigenvalue weighted by atomic mass is 14.4. The molecule has 1 saturated carbocycles. The molecule has 5 atom stereocenters. The summed E-state index contributed by atoms with van der Waals surface area (Å²) in [5.41, 5.74) is 0. The van der Waals surface area contributed by atoms with Crippen LogP contribution >= 0.6 is 0 Å². The molecule has 3 rings (SSSR count). The minimum absolute atomic E-state index is 0.738. The highest BCUT2D eigenvalue weighted by molar-refractivity contribution is 5.17. The van der Waals surface area contributed by atoms with E-state index in [1.165, 1.54) is 38.5 Å². The summed E-state index contributed by atoms with van der Waals surface area (Å²) in [4.78, 5) is 0. The van der Waals surface area contributed by atoms with E-state index in [9.17, 15) is 0 Å². The average Bonchev–Trinajstić information content (AvgIpc) is 2.89. The predicted octanol–water partition coefficient (Wildman–Crippen LogP) is 5.69. The Morgan fingerprint density at radius 3 is 2.45 bits per heavy atom. The Bertz CT molecular complexity index is 423. The largest absolute Gasteiger partial charge is 0.0811 e. The third-order valence-electron chi connectivity index (χ3n) is 5.63. The molecule has 0 bridgehead atoms. The molecule has 0 heterocycles. The molecular formula is C20H28. The molecule has 5 unspecified atom stereocenters. The van der Waals surface area contributed by atoms with E-state index >= 15 is 0 Å². The fourth-order valence-electron chi connectivity index (χ4n) is 4.31. The molecule has 3 aliphatic rings. The van der Waals surface area contributed by atoms with Crippen molar-refractivity contribution >= 4 is 0 Å². The summed E-state index contributed by atoms with van der Waals surface area (Å²) in [6.45, 7) is 2.35. The third kappa shape index (κ3) is 3.16. The lowest BCUT2D eigenvalue weighted by molar-refractivity contribution is 0.365. The number of allylic oxidation sites excluding steroid dienone is 8. The Morgan fingerprint density at radius 2 is 1.55 bits per heavy atom. The van der Waals surface area contributed by atoms with Gasteiger partial charge >= 0.3 is 0 Å². The van der Waals surface area contributed by atoms with Crippen LogP contribution in [0.4, 0.5) is 0 Å². The molecule has 0 amide bonds. The smallest absolute Gasteiger partial charge is 0.0139 e. The minimum atomic E-state index is 0.738. The zero-order valence-electron chi connectivity index (χ0n) is 12.7. The maximum absolute atomic E-state index is 2.47. The SMILES string of the molecule is CC1C=CC=CC1CCCCC1CCC2C=CC=CC21. The van der Waals surface area contributed by atoms with Gasteiger partial charge in [-0.05, 0) is 55.3 Å². The summed E-state index contributed by atoms with van der Waals surface area (Å²) in [7, 11) is 0. The van der Waals surface area contributed by atoms with Crippen LogP contribution in [0.5, 0.6) is 0 Å². The normalized spacial score (nSPS) is 38.4. The Hall–Kier alpha value is -1.04. The van der Waals surface area contributed by atoms with E-state index in [1.807, 2.05) is 0 Å². The van der Waals surface area contributed by atoms with Crippen molar-refractivity contribution in [3.05, 3.63) is 48.6 Å². The van der Waals surface area contributed by atoms with E-state index in [4.69, 9.17) is 0 Å². The van der Waals surface area contributed by atoms with E-state index in [2.05, 4.69) is 55.5 Å². The number of hydrogen-bond acceptors (Lipinski definition) is 0. The zero-order valence-corrected chi connectivity index (χ0v) is 12.7. The van der Waals surface area contributed by atoms with E-state index in [1.54, 1.807) is 0 Å². The van der Waals surface area contributed by atoms with Crippen LogP contribution in [0.1, 0.15) is 45.4 Å². The molecule has 0 radical (unpaired) electrons. The van der Waals surface area contributed by atoms with Crippen LogP contribution in [0.2, 0.25) is 0 Å². The van der Waals surface area contributed by atoms with Gasteiger partial charge in [0.25, 0.3) is 0 Å². The number of hydrogen-bond donors (Lipinski definition) is 0. The van der Waals surface area contributed by atoms with Gasteiger partial charge in [0.1, 0.15) is 0 Å². The van der Waals surface area contributed by atoms with Crippen molar-refractivity contribution < 1.29 is 0 Å². The zero-order chi connectivity index (χ0) is 13.8. The molecule has 0 heteroatoms. The molecule has 0 aromatic heterocycles. The molecule has 108 valence electrons. The Labute approximate surface area is 124 Å². The highest BCUT2D eigenvalue weighted by Gasteiger charge is 2.32. The van der Waals surface area contributed by atoms with Gasteiger partial charge < -0.3 is 0 Å². The second-order valence-electron chi connectivity index (χ2n) is 6.93. The summed E-state index contributed by atoms with van der Waals surface area (Å²) in [5, 5.41) is 0. The van der Waals surface area contributed by atoms with Crippen LogP contribution < -0.4 is 0 Å². The summed E-state index contributed by atoms with van der Waals surface area (Å²) < 4.78 is 0. The lowest BCUT2D eigenvalue weighted by Gasteiger charge is -2.23. The van der Waals surface area contributed by atoms with E-state index in [-0.39, 0.29) is 0 Å². The fraction of sp³-hybridized carbons (Fsp3) is 0.600. The molecular weight excluding hydrogens is 240 g/mol.